The molecule has 0 spiro atoms. The van der Waals surface area contributed by atoms with Gasteiger partial charge < -0.3 is 0 Å². The van der Waals surface area contributed by atoms with Crippen LogP contribution >= 0.6 is 11.8 Å². The van der Waals surface area contributed by atoms with Crippen molar-refractivity contribution >= 4 is 11.8 Å². The van der Waals surface area contributed by atoms with Crippen molar-refractivity contribution in [2.45, 2.75) is 32.6 Å². The van der Waals surface area contributed by atoms with Crippen molar-refractivity contribution in [2.24, 2.45) is 0 Å². The summed E-state index contributed by atoms with van der Waals surface area (Å²) in [5.41, 5.74) is 5.72. The third kappa shape index (κ3) is 1.51. The minimum absolute atomic E-state index is 1.41. The van der Waals surface area contributed by atoms with Crippen molar-refractivity contribution in [3.63, 3.8) is 0 Å². The Morgan fingerprint density at radius 2 is 1.50 bits per heavy atom. The van der Waals surface area contributed by atoms with Gasteiger partial charge in [-0.15, -0.1) is 11.8 Å². The Morgan fingerprint density at radius 3 is 2.00 bits per heavy atom. The van der Waals surface area contributed by atoms with Crippen LogP contribution in [0.4, 0.5) is 0 Å². The van der Waals surface area contributed by atoms with Crippen LogP contribution in [0.5, 0.6) is 0 Å². The molecule has 0 radical (unpaired) electrons. The minimum Gasteiger partial charge on any atom is -0.129 e. The lowest BCUT2D eigenvalue weighted by Crippen LogP contribution is -1.92. The smallest absolute Gasteiger partial charge is 0.0104 e. The second-order valence-electron chi connectivity index (χ2n) is 3.27. The van der Waals surface area contributed by atoms with E-state index in [1.54, 1.807) is 0 Å². The first-order chi connectivity index (χ1) is 5.57. The van der Waals surface area contributed by atoms with Crippen LogP contribution in [-0.2, 0) is 0 Å². The predicted octanol–water partition coefficient (Wildman–Crippen LogP) is 3.64. The molecule has 1 aromatic rings. The monoisotopic (exact) mass is 180 g/mol. The summed E-state index contributed by atoms with van der Waals surface area (Å²) in [6.45, 7) is 8.79. The minimum atomic E-state index is 1.41. The first-order valence-electron chi connectivity index (χ1n) is 4.19. The molecule has 0 unspecified atom stereocenters. The Hall–Kier alpha value is -0.430. The van der Waals surface area contributed by atoms with Crippen molar-refractivity contribution in [3.8, 4) is 0 Å². The van der Waals surface area contributed by atoms with Crippen molar-refractivity contribution in [2.75, 3.05) is 6.26 Å². The number of benzene rings is 1. The van der Waals surface area contributed by atoms with Crippen molar-refractivity contribution in [1.82, 2.24) is 0 Å². The molecule has 0 saturated heterocycles. The molecule has 1 rings (SSSR count). The molecule has 66 valence electrons. The van der Waals surface area contributed by atoms with Gasteiger partial charge in [-0.25, -0.2) is 0 Å². The van der Waals surface area contributed by atoms with Gasteiger partial charge in [0.15, 0.2) is 0 Å². The summed E-state index contributed by atoms with van der Waals surface area (Å²) in [4.78, 5) is 1.41. The highest BCUT2D eigenvalue weighted by atomic mass is 32.2. The van der Waals surface area contributed by atoms with Crippen LogP contribution in [0.2, 0.25) is 0 Å². The van der Waals surface area contributed by atoms with Crippen LogP contribution in [0.25, 0.3) is 0 Å². The highest BCUT2D eigenvalue weighted by Crippen LogP contribution is 2.27. The maximum atomic E-state index is 2.28. The van der Waals surface area contributed by atoms with Crippen LogP contribution in [-0.4, -0.2) is 6.26 Å². The zero-order valence-electron chi connectivity index (χ0n) is 8.49. The van der Waals surface area contributed by atoms with E-state index in [2.05, 4.69) is 40.0 Å². The molecule has 12 heavy (non-hydrogen) atoms. The molecule has 0 aliphatic heterocycles. The Kier molecular flexibility index (Phi) is 2.84. The normalized spacial score (nSPS) is 10.4. The van der Waals surface area contributed by atoms with Gasteiger partial charge in [0.2, 0.25) is 0 Å². The molecule has 0 fully saturated rings. The predicted molar refractivity (Wildman–Crippen MR) is 57.2 cm³/mol. The lowest BCUT2D eigenvalue weighted by atomic mass is 10.00. The summed E-state index contributed by atoms with van der Waals surface area (Å²) in [5.74, 6) is 0. The Balaban J connectivity index is 3.39. The summed E-state index contributed by atoms with van der Waals surface area (Å²) in [7, 11) is 0. The van der Waals surface area contributed by atoms with Crippen LogP contribution in [0.3, 0.4) is 0 Å². The average molecular weight is 180 g/mol. The molecule has 0 nitrogen and oxygen atoms in total. The van der Waals surface area contributed by atoms with Crippen LogP contribution in [0.15, 0.2) is 11.0 Å². The highest BCUT2D eigenvalue weighted by molar-refractivity contribution is 7.98. The van der Waals surface area contributed by atoms with E-state index in [1.165, 1.54) is 27.1 Å². The lowest BCUT2D eigenvalue weighted by Gasteiger charge is -2.12. The Labute approximate surface area is 79.4 Å². The van der Waals surface area contributed by atoms with E-state index in [4.69, 9.17) is 0 Å². The Bertz CT molecular complexity index is 300. The second-order valence-corrected chi connectivity index (χ2v) is 4.12. The summed E-state index contributed by atoms with van der Waals surface area (Å²) < 4.78 is 0. The van der Waals surface area contributed by atoms with Gasteiger partial charge in [-0.1, -0.05) is 0 Å². The first kappa shape index (κ1) is 9.66. The highest BCUT2D eigenvalue weighted by Gasteiger charge is 2.05. The summed E-state index contributed by atoms with van der Waals surface area (Å²) in [6, 6.07) is 2.28. The van der Waals surface area contributed by atoms with Gasteiger partial charge in [-0.2, -0.15) is 0 Å². The molecule has 0 aliphatic rings. The largest absolute Gasteiger partial charge is 0.129 e. The van der Waals surface area contributed by atoms with Crippen LogP contribution in [0.1, 0.15) is 22.3 Å². The fourth-order valence-corrected chi connectivity index (χ4v) is 2.14. The van der Waals surface area contributed by atoms with E-state index in [0.29, 0.717) is 0 Å². The molecule has 1 heteroatoms. The maximum Gasteiger partial charge on any atom is 0.0104 e. The van der Waals surface area contributed by atoms with E-state index in [-0.39, 0.29) is 0 Å². The molecule has 0 aromatic heterocycles. The van der Waals surface area contributed by atoms with Gasteiger partial charge >= 0.3 is 0 Å². The zero-order valence-corrected chi connectivity index (χ0v) is 9.30. The molecule has 1 aromatic carbocycles. The zero-order chi connectivity index (χ0) is 9.30. The van der Waals surface area contributed by atoms with Crippen LogP contribution in [0, 0.1) is 27.7 Å². The SMILES string of the molecule is CSc1cc(C)c(C)c(C)c1C. The van der Waals surface area contributed by atoms with Crippen molar-refractivity contribution in [3.05, 3.63) is 28.3 Å². The molecular weight excluding hydrogens is 164 g/mol. The molecule has 0 aliphatic carbocycles. The van der Waals surface area contributed by atoms with Crippen molar-refractivity contribution in [1.29, 1.82) is 0 Å². The first-order valence-corrected chi connectivity index (χ1v) is 5.41. The number of hydrogen-bond acceptors (Lipinski definition) is 1. The third-order valence-electron chi connectivity index (χ3n) is 2.65. The van der Waals surface area contributed by atoms with E-state index < -0.39 is 0 Å². The summed E-state index contributed by atoms with van der Waals surface area (Å²) in [6.07, 6.45) is 2.14. The second kappa shape index (κ2) is 3.53. The molecule has 0 N–H and O–H groups in total. The average Bonchev–Trinajstić information content (AvgIpc) is 2.08. The van der Waals surface area contributed by atoms with E-state index >= 15 is 0 Å². The van der Waals surface area contributed by atoms with Gasteiger partial charge in [0.05, 0.1) is 0 Å². The van der Waals surface area contributed by atoms with E-state index in [0.717, 1.165) is 0 Å². The van der Waals surface area contributed by atoms with Gasteiger partial charge in [-0.3, -0.25) is 0 Å². The van der Waals surface area contributed by atoms with Gasteiger partial charge in [0, 0.05) is 4.90 Å². The summed E-state index contributed by atoms with van der Waals surface area (Å²) in [5, 5.41) is 0. The van der Waals surface area contributed by atoms with Crippen LogP contribution < -0.4 is 0 Å². The molecule has 0 atom stereocenters. The standard InChI is InChI=1S/C11H16S/c1-7-6-11(12-5)10(4)9(3)8(7)2/h6H,1-5H3. The van der Waals surface area contributed by atoms with E-state index in [9.17, 15) is 0 Å². The van der Waals surface area contributed by atoms with Crippen molar-refractivity contribution < 1.29 is 0 Å². The summed E-state index contributed by atoms with van der Waals surface area (Å²) >= 11 is 1.83. The molecular formula is C11H16S. The topological polar surface area (TPSA) is 0 Å². The molecule has 0 saturated carbocycles. The quantitative estimate of drug-likeness (QED) is 0.595. The van der Waals surface area contributed by atoms with Gasteiger partial charge in [0.25, 0.3) is 0 Å². The lowest BCUT2D eigenvalue weighted by molar-refractivity contribution is 1.15. The third-order valence-corrected chi connectivity index (χ3v) is 3.52. The fourth-order valence-electron chi connectivity index (χ4n) is 1.39. The number of hydrogen-bond donors (Lipinski definition) is 0. The number of aryl methyl sites for hydroxylation is 1. The van der Waals surface area contributed by atoms with E-state index in [1.807, 2.05) is 11.8 Å². The Morgan fingerprint density at radius 1 is 0.917 bits per heavy atom. The fraction of sp³-hybridized carbons (Fsp3) is 0.455. The van der Waals surface area contributed by atoms with Gasteiger partial charge in [0.1, 0.15) is 0 Å². The molecule has 0 bridgehead atoms. The number of rotatable bonds is 1. The number of thioether (sulfide) groups is 1. The van der Waals surface area contributed by atoms with Gasteiger partial charge in [-0.05, 0) is 62.3 Å². The maximum absolute atomic E-state index is 2.28. The molecule has 0 amide bonds. The molecule has 0 heterocycles.